The first-order valence-corrected chi connectivity index (χ1v) is 17.5. The Bertz CT molecular complexity index is 2820. The Balaban J connectivity index is 1.22. The van der Waals surface area contributed by atoms with E-state index in [1.807, 2.05) is 18.2 Å². The first-order chi connectivity index (χ1) is 24.8. The Morgan fingerprint density at radius 3 is 1.54 bits per heavy atom. The first kappa shape index (κ1) is 28.6. The zero-order valence-corrected chi connectivity index (χ0v) is 27.7. The van der Waals surface area contributed by atoms with Crippen molar-refractivity contribution in [3.63, 3.8) is 0 Å². The molecule has 234 valence electrons. The molecule has 0 saturated heterocycles. The molecule has 0 amide bonds. The van der Waals surface area contributed by atoms with Crippen LogP contribution < -0.4 is 0 Å². The lowest BCUT2D eigenvalue weighted by molar-refractivity contribution is 1.07. The van der Waals surface area contributed by atoms with E-state index in [1.165, 1.54) is 30.9 Å². The second-order valence-electron chi connectivity index (χ2n) is 12.4. The van der Waals surface area contributed by atoms with Crippen LogP contribution in [0.3, 0.4) is 0 Å². The van der Waals surface area contributed by atoms with Crippen molar-refractivity contribution in [2.45, 2.75) is 0 Å². The van der Waals surface area contributed by atoms with Crippen LogP contribution in [0.1, 0.15) is 0 Å². The number of rotatable bonds is 5. The molecule has 3 aromatic heterocycles. The normalized spacial score (nSPS) is 11.6. The SMILES string of the molecule is c1ccc(-c2nc(-c3ccc(-c4ccccc4)c(-n4c5ccccc5c5ccccc54)c3)nc(-c3ccc4c(c3)sc3ccccc34)n2)cc1. The molecule has 0 aliphatic rings. The highest BCUT2D eigenvalue weighted by Crippen LogP contribution is 2.39. The van der Waals surface area contributed by atoms with Crippen LogP contribution in [-0.2, 0) is 0 Å². The lowest BCUT2D eigenvalue weighted by Crippen LogP contribution is -2.02. The highest BCUT2D eigenvalue weighted by molar-refractivity contribution is 7.25. The van der Waals surface area contributed by atoms with Gasteiger partial charge in [0.2, 0.25) is 0 Å². The van der Waals surface area contributed by atoms with E-state index in [4.69, 9.17) is 15.0 Å². The van der Waals surface area contributed by atoms with Crippen molar-refractivity contribution in [1.29, 1.82) is 0 Å². The number of fused-ring (bicyclic) bond motifs is 6. The summed E-state index contributed by atoms with van der Waals surface area (Å²) in [5.41, 5.74) is 8.49. The van der Waals surface area contributed by atoms with E-state index in [1.54, 1.807) is 11.3 Å². The molecule has 10 aromatic rings. The molecule has 0 aliphatic heterocycles. The monoisotopic (exact) mass is 656 g/mol. The molecule has 0 saturated carbocycles. The number of aromatic nitrogens is 4. The molecule has 0 bridgehead atoms. The number of hydrogen-bond acceptors (Lipinski definition) is 4. The zero-order valence-electron chi connectivity index (χ0n) is 26.9. The first-order valence-electron chi connectivity index (χ1n) is 16.7. The zero-order chi connectivity index (χ0) is 33.0. The van der Waals surface area contributed by atoms with E-state index in [2.05, 4.69) is 156 Å². The third-order valence-corrected chi connectivity index (χ3v) is 10.6. The van der Waals surface area contributed by atoms with E-state index >= 15 is 0 Å². The van der Waals surface area contributed by atoms with Gasteiger partial charge in [-0.25, -0.2) is 15.0 Å². The van der Waals surface area contributed by atoms with Crippen LogP contribution in [0, 0.1) is 0 Å². The standard InChI is InChI=1S/C45H28N4S/c1-3-13-29(14-4-1)33-25-23-31(27-40(33)49-38-20-10-7-17-34(38)35-18-8-11-21-39(35)49)44-46-43(30-15-5-2-6-16-30)47-45(48-44)32-24-26-37-36-19-9-12-22-41(36)50-42(37)28-32/h1-28H. The Labute approximate surface area is 292 Å². The van der Waals surface area contributed by atoms with Gasteiger partial charge in [0.15, 0.2) is 17.5 Å². The molecule has 0 N–H and O–H groups in total. The van der Waals surface area contributed by atoms with Gasteiger partial charge in [0.1, 0.15) is 0 Å². The number of thiophene rings is 1. The van der Waals surface area contributed by atoms with Gasteiger partial charge < -0.3 is 4.57 Å². The van der Waals surface area contributed by atoms with Crippen LogP contribution >= 0.6 is 11.3 Å². The molecule has 7 aromatic carbocycles. The van der Waals surface area contributed by atoms with Gasteiger partial charge in [0, 0.05) is 53.2 Å². The third kappa shape index (κ3) is 4.71. The molecule has 50 heavy (non-hydrogen) atoms. The Kier molecular flexibility index (Phi) is 6.64. The summed E-state index contributed by atoms with van der Waals surface area (Å²) in [6.45, 7) is 0. The summed E-state index contributed by atoms with van der Waals surface area (Å²) in [7, 11) is 0. The highest BCUT2D eigenvalue weighted by Gasteiger charge is 2.19. The van der Waals surface area contributed by atoms with Crippen molar-refractivity contribution in [3.8, 4) is 51.0 Å². The summed E-state index contributed by atoms with van der Waals surface area (Å²) in [6.07, 6.45) is 0. The second kappa shape index (κ2) is 11.6. The molecule has 0 unspecified atom stereocenters. The van der Waals surface area contributed by atoms with E-state index in [0.29, 0.717) is 17.5 Å². The van der Waals surface area contributed by atoms with Gasteiger partial charge in [-0.1, -0.05) is 140 Å². The van der Waals surface area contributed by atoms with Crippen molar-refractivity contribution in [3.05, 3.63) is 170 Å². The summed E-state index contributed by atoms with van der Waals surface area (Å²) in [6, 6.07) is 59.8. The maximum absolute atomic E-state index is 5.18. The molecule has 0 fully saturated rings. The maximum atomic E-state index is 5.18. The van der Waals surface area contributed by atoms with E-state index in [9.17, 15) is 0 Å². The number of benzene rings is 7. The summed E-state index contributed by atoms with van der Waals surface area (Å²) in [4.78, 5) is 15.4. The van der Waals surface area contributed by atoms with Crippen LogP contribution in [0.4, 0.5) is 0 Å². The third-order valence-electron chi connectivity index (χ3n) is 9.47. The largest absolute Gasteiger partial charge is 0.309 e. The van der Waals surface area contributed by atoms with Crippen LogP contribution in [0.25, 0.3) is 93.0 Å². The van der Waals surface area contributed by atoms with Crippen LogP contribution in [0.2, 0.25) is 0 Å². The quantitative estimate of drug-likeness (QED) is 0.185. The van der Waals surface area contributed by atoms with Gasteiger partial charge in [-0.2, -0.15) is 0 Å². The second-order valence-corrected chi connectivity index (χ2v) is 13.5. The van der Waals surface area contributed by atoms with Gasteiger partial charge in [0.05, 0.1) is 16.7 Å². The Morgan fingerprint density at radius 2 is 0.860 bits per heavy atom. The minimum Gasteiger partial charge on any atom is -0.309 e. The van der Waals surface area contributed by atoms with E-state index in [-0.39, 0.29) is 0 Å². The fourth-order valence-corrected chi connectivity index (χ4v) is 8.26. The van der Waals surface area contributed by atoms with Crippen molar-refractivity contribution in [1.82, 2.24) is 19.5 Å². The smallest absolute Gasteiger partial charge is 0.164 e. The highest BCUT2D eigenvalue weighted by atomic mass is 32.1. The number of hydrogen-bond donors (Lipinski definition) is 0. The number of para-hydroxylation sites is 2. The van der Waals surface area contributed by atoms with Crippen molar-refractivity contribution < 1.29 is 0 Å². The van der Waals surface area contributed by atoms with Gasteiger partial charge >= 0.3 is 0 Å². The van der Waals surface area contributed by atoms with Crippen LogP contribution in [0.15, 0.2) is 170 Å². The molecule has 0 atom stereocenters. The average molecular weight is 657 g/mol. The van der Waals surface area contributed by atoms with Gasteiger partial charge in [-0.15, -0.1) is 11.3 Å². The minimum absolute atomic E-state index is 0.631. The molecule has 10 rings (SSSR count). The molecule has 4 nitrogen and oxygen atoms in total. The average Bonchev–Trinajstić information content (AvgIpc) is 3.73. The maximum Gasteiger partial charge on any atom is 0.164 e. The van der Waals surface area contributed by atoms with Gasteiger partial charge in [0.25, 0.3) is 0 Å². The molecular weight excluding hydrogens is 629 g/mol. The molecule has 0 aliphatic carbocycles. The fraction of sp³-hybridized carbons (Fsp3) is 0. The molecule has 0 radical (unpaired) electrons. The lowest BCUT2D eigenvalue weighted by Gasteiger charge is -2.16. The summed E-state index contributed by atoms with van der Waals surface area (Å²) in [5, 5.41) is 4.96. The van der Waals surface area contributed by atoms with Crippen molar-refractivity contribution in [2.24, 2.45) is 0 Å². The Hall–Kier alpha value is -6.43. The fourth-order valence-electron chi connectivity index (χ4n) is 7.12. The number of nitrogens with zero attached hydrogens (tertiary/aromatic N) is 4. The summed E-state index contributed by atoms with van der Waals surface area (Å²) in [5.74, 6) is 1.93. The molecule has 3 heterocycles. The molecule has 5 heteroatoms. The molecular formula is C45H28N4S. The lowest BCUT2D eigenvalue weighted by atomic mass is 10.0. The Morgan fingerprint density at radius 1 is 0.360 bits per heavy atom. The van der Waals surface area contributed by atoms with Gasteiger partial charge in [-0.05, 0) is 35.9 Å². The topological polar surface area (TPSA) is 43.6 Å². The van der Waals surface area contributed by atoms with Crippen molar-refractivity contribution in [2.75, 3.05) is 0 Å². The van der Waals surface area contributed by atoms with E-state index < -0.39 is 0 Å². The summed E-state index contributed by atoms with van der Waals surface area (Å²) < 4.78 is 4.87. The van der Waals surface area contributed by atoms with Crippen LogP contribution in [0.5, 0.6) is 0 Å². The predicted molar refractivity (Wildman–Crippen MR) is 209 cm³/mol. The predicted octanol–water partition coefficient (Wildman–Crippen LogP) is 12.0. The summed E-state index contributed by atoms with van der Waals surface area (Å²) >= 11 is 1.80. The van der Waals surface area contributed by atoms with Crippen molar-refractivity contribution >= 4 is 53.3 Å². The van der Waals surface area contributed by atoms with E-state index in [0.717, 1.165) is 44.5 Å². The van der Waals surface area contributed by atoms with Gasteiger partial charge in [-0.3, -0.25) is 0 Å². The minimum atomic E-state index is 0.631. The van der Waals surface area contributed by atoms with Crippen LogP contribution in [-0.4, -0.2) is 19.5 Å². The molecule has 0 spiro atoms.